The lowest BCUT2D eigenvalue weighted by molar-refractivity contribution is 0.459. The zero-order valence-corrected chi connectivity index (χ0v) is 20.5. The molecule has 1 fully saturated rings. The first-order valence-electron chi connectivity index (χ1n) is 8.94. The Morgan fingerprint density at radius 1 is 1.37 bits per heavy atom. The Kier molecular flexibility index (Phi) is 10.4. The topological polar surface area (TPSA) is 73.8 Å². The molecule has 0 spiro atoms. The van der Waals surface area contributed by atoms with Gasteiger partial charge in [-0.15, -0.1) is 35.7 Å². The fourth-order valence-corrected chi connectivity index (χ4v) is 4.61. The minimum Gasteiger partial charge on any atom is -0.357 e. The van der Waals surface area contributed by atoms with Crippen LogP contribution in [0.25, 0.3) is 0 Å². The quantitative estimate of drug-likeness (QED) is 0.248. The average molecular weight is 527 g/mol. The number of rotatable bonds is 7. The van der Waals surface area contributed by atoms with Crippen molar-refractivity contribution in [3.8, 4) is 0 Å². The van der Waals surface area contributed by atoms with Gasteiger partial charge in [-0.05, 0) is 49.6 Å². The van der Waals surface area contributed by atoms with Crippen molar-refractivity contribution >= 4 is 51.7 Å². The van der Waals surface area contributed by atoms with E-state index in [1.54, 1.807) is 16.1 Å². The second-order valence-corrected chi connectivity index (χ2v) is 9.50. The van der Waals surface area contributed by atoms with Crippen LogP contribution in [0.4, 0.5) is 0 Å². The Labute approximate surface area is 185 Å². The third kappa shape index (κ3) is 7.78. The van der Waals surface area contributed by atoms with Crippen molar-refractivity contribution < 1.29 is 8.42 Å². The van der Waals surface area contributed by atoms with Crippen LogP contribution in [-0.4, -0.2) is 57.4 Å². The summed E-state index contributed by atoms with van der Waals surface area (Å²) in [6, 6.07) is 6.44. The number of sulfonamides is 1. The van der Waals surface area contributed by atoms with Gasteiger partial charge in [0.05, 0.1) is 12.8 Å². The van der Waals surface area contributed by atoms with Crippen LogP contribution in [0.1, 0.15) is 24.5 Å². The third-order valence-electron chi connectivity index (χ3n) is 4.47. The molecule has 9 heteroatoms. The molecule has 1 unspecified atom stereocenters. The maximum absolute atomic E-state index is 11.6. The standard InChI is InChI=1S/C18H30N4O2S2.HI/c1-5-19-18(20-11-15-8-9-22(13-15)26(4,23)24)21-12-16-7-6-14(2)10-17(16)25-3;/h6-7,10,15H,5,8-9,11-13H2,1-4H3,(H2,19,20,21);1H. The van der Waals surface area contributed by atoms with Crippen LogP contribution in [0.15, 0.2) is 28.1 Å². The van der Waals surface area contributed by atoms with Crippen LogP contribution in [0.2, 0.25) is 0 Å². The normalized spacial score (nSPS) is 18.2. The number of halogens is 1. The summed E-state index contributed by atoms with van der Waals surface area (Å²) >= 11 is 1.74. The monoisotopic (exact) mass is 526 g/mol. The number of nitrogens with one attached hydrogen (secondary N) is 2. The number of hydrogen-bond acceptors (Lipinski definition) is 4. The molecule has 0 bridgehead atoms. The molecule has 6 nitrogen and oxygen atoms in total. The van der Waals surface area contributed by atoms with Gasteiger partial charge >= 0.3 is 0 Å². The number of thioether (sulfide) groups is 1. The van der Waals surface area contributed by atoms with E-state index in [1.165, 1.54) is 22.3 Å². The highest BCUT2D eigenvalue weighted by molar-refractivity contribution is 14.0. The van der Waals surface area contributed by atoms with Gasteiger partial charge in [-0.2, -0.15) is 0 Å². The van der Waals surface area contributed by atoms with Crippen LogP contribution in [0.5, 0.6) is 0 Å². The fraction of sp³-hybridized carbons (Fsp3) is 0.611. The van der Waals surface area contributed by atoms with E-state index in [4.69, 9.17) is 4.99 Å². The van der Waals surface area contributed by atoms with Crippen molar-refractivity contribution in [2.24, 2.45) is 10.9 Å². The van der Waals surface area contributed by atoms with E-state index in [0.29, 0.717) is 25.6 Å². The van der Waals surface area contributed by atoms with E-state index < -0.39 is 10.0 Å². The molecule has 1 heterocycles. The zero-order chi connectivity index (χ0) is 19.2. The number of nitrogens with zero attached hydrogens (tertiary/aromatic N) is 2. The summed E-state index contributed by atoms with van der Waals surface area (Å²) in [6.07, 6.45) is 4.24. The summed E-state index contributed by atoms with van der Waals surface area (Å²) in [4.78, 5) is 5.95. The maximum Gasteiger partial charge on any atom is 0.211 e. The van der Waals surface area contributed by atoms with Gasteiger partial charge in [-0.1, -0.05) is 12.1 Å². The van der Waals surface area contributed by atoms with Gasteiger partial charge in [0, 0.05) is 31.1 Å². The molecule has 1 atom stereocenters. The Bertz CT molecular complexity index is 741. The molecule has 1 saturated heterocycles. The molecular weight excluding hydrogens is 495 g/mol. The lowest BCUT2D eigenvalue weighted by Gasteiger charge is -2.16. The van der Waals surface area contributed by atoms with Gasteiger partial charge in [0.1, 0.15) is 0 Å². The van der Waals surface area contributed by atoms with Crippen LogP contribution >= 0.6 is 35.7 Å². The van der Waals surface area contributed by atoms with E-state index >= 15 is 0 Å². The Morgan fingerprint density at radius 3 is 2.70 bits per heavy atom. The lowest BCUT2D eigenvalue weighted by atomic mass is 10.1. The highest BCUT2D eigenvalue weighted by atomic mass is 127. The molecule has 27 heavy (non-hydrogen) atoms. The van der Waals surface area contributed by atoms with Gasteiger partial charge in [-0.3, -0.25) is 0 Å². The summed E-state index contributed by atoms with van der Waals surface area (Å²) in [7, 11) is -3.08. The molecule has 1 aliphatic heterocycles. The first kappa shape index (κ1) is 24.5. The van der Waals surface area contributed by atoms with Crippen molar-refractivity contribution in [3.05, 3.63) is 29.3 Å². The molecular formula is C18H31IN4O2S2. The van der Waals surface area contributed by atoms with E-state index in [0.717, 1.165) is 25.5 Å². The second-order valence-electron chi connectivity index (χ2n) is 6.67. The first-order chi connectivity index (χ1) is 12.3. The van der Waals surface area contributed by atoms with Gasteiger partial charge in [0.2, 0.25) is 10.0 Å². The highest BCUT2D eigenvalue weighted by Crippen LogP contribution is 2.22. The SMILES string of the molecule is CCNC(=NCc1ccc(C)cc1SC)NCC1CCN(S(C)(=O)=O)C1.I. The van der Waals surface area contributed by atoms with Crippen molar-refractivity contribution in [1.29, 1.82) is 0 Å². The summed E-state index contributed by atoms with van der Waals surface area (Å²) < 4.78 is 24.8. The number of guanidine groups is 1. The second kappa shape index (κ2) is 11.5. The zero-order valence-electron chi connectivity index (χ0n) is 16.5. The van der Waals surface area contributed by atoms with E-state index in [1.807, 2.05) is 6.92 Å². The minimum absolute atomic E-state index is 0. The Morgan fingerprint density at radius 2 is 2.11 bits per heavy atom. The number of aryl methyl sites for hydroxylation is 1. The number of hydrogen-bond donors (Lipinski definition) is 2. The largest absolute Gasteiger partial charge is 0.357 e. The molecule has 1 aromatic carbocycles. The van der Waals surface area contributed by atoms with Crippen molar-refractivity contribution in [1.82, 2.24) is 14.9 Å². The van der Waals surface area contributed by atoms with Crippen molar-refractivity contribution in [3.63, 3.8) is 0 Å². The van der Waals surface area contributed by atoms with Gasteiger partial charge in [0.25, 0.3) is 0 Å². The smallest absolute Gasteiger partial charge is 0.211 e. The van der Waals surface area contributed by atoms with E-state index in [9.17, 15) is 8.42 Å². The molecule has 154 valence electrons. The Hall–Kier alpha value is -0.520. The highest BCUT2D eigenvalue weighted by Gasteiger charge is 2.28. The minimum atomic E-state index is -3.08. The van der Waals surface area contributed by atoms with Gasteiger partial charge in [0.15, 0.2) is 5.96 Å². The van der Waals surface area contributed by atoms with Crippen molar-refractivity contribution in [2.45, 2.75) is 31.7 Å². The lowest BCUT2D eigenvalue weighted by Crippen LogP contribution is -2.40. The molecule has 2 rings (SSSR count). The predicted octanol–water partition coefficient (Wildman–Crippen LogP) is 2.67. The molecule has 2 N–H and O–H groups in total. The first-order valence-corrected chi connectivity index (χ1v) is 12.0. The molecule has 0 aliphatic carbocycles. The number of aliphatic imine (C=N–C) groups is 1. The predicted molar refractivity (Wildman–Crippen MR) is 126 cm³/mol. The Balaban J connectivity index is 0.00000364. The van der Waals surface area contributed by atoms with Crippen LogP contribution in [-0.2, 0) is 16.6 Å². The summed E-state index contributed by atoms with van der Waals surface area (Å²) in [5.41, 5.74) is 2.47. The van der Waals surface area contributed by atoms with Crippen molar-refractivity contribution in [2.75, 3.05) is 38.7 Å². The molecule has 0 radical (unpaired) electrons. The maximum atomic E-state index is 11.6. The molecule has 1 aliphatic rings. The third-order valence-corrected chi connectivity index (χ3v) is 6.56. The van der Waals surface area contributed by atoms with Crippen LogP contribution in [0.3, 0.4) is 0 Å². The van der Waals surface area contributed by atoms with E-state index in [2.05, 4.69) is 42.0 Å². The summed E-state index contributed by atoms with van der Waals surface area (Å²) in [5.74, 6) is 1.09. The summed E-state index contributed by atoms with van der Waals surface area (Å²) in [6.45, 7) is 7.46. The average Bonchev–Trinajstić information content (AvgIpc) is 3.07. The van der Waals surface area contributed by atoms with E-state index in [-0.39, 0.29) is 24.0 Å². The fourth-order valence-electron chi connectivity index (χ4n) is 2.99. The van der Waals surface area contributed by atoms with Gasteiger partial charge in [-0.25, -0.2) is 17.7 Å². The van der Waals surface area contributed by atoms with Gasteiger partial charge < -0.3 is 10.6 Å². The van der Waals surface area contributed by atoms with Crippen LogP contribution in [0, 0.1) is 12.8 Å². The number of benzene rings is 1. The molecule has 0 saturated carbocycles. The molecule has 0 amide bonds. The molecule has 0 aromatic heterocycles. The molecule has 1 aromatic rings. The summed E-state index contributed by atoms with van der Waals surface area (Å²) in [5, 5.41) is 6.63. The van der Waals surface area contributed by atoms with Crippen LogP contribution < -0.4 is 10.6 Å².